The third-order valence-electron chi connectivity index (χ3n) is 4.95. The zero-order valence-electron chi connectivity index (χ0n) is 18.4. The monoisotopic (exact) mass is 438 g/mol. The van der Waals surface area contributed by atoms with E-state index in [2.05, 4.69) is 10.5 Å². The molecular weight excluding hydrogens is 404 g/mol. The molecule has 0 saturated heterocycles. The first-order chi connectivity index (χ1) is 14.1. The Morgan fingerprint density at radius 2 is 1.63 bits per heavy atom. The molecule has 1 N–H and O–H groups in total. The van der Waals surface area contributed by atoms with Crippen molar-refractivity contribution >= 4 is 27.1 Å². The van der Waals surface area contributed by atoms with Crippen LogP contribution in [0.5, 0.6) is 0 Å². The van der Waals surface area contributed by atoms with Crippen LogP contribution in [0.25, 0.3) is 0 Å². The lowest BCUT2D eigenvalue weighted by Gasteiger charge is -2.26. The van der Waals surface area contributed by atoms with Crippen LogP contribution in [-0.2, 0) is 10.0 Å². The number of anilines is 1. The van der Waals surface area contributed by atoms with E-state index in [0.29, 0.717) is 13.1 Å². The Bertz CT molecular complexity index is 846. The van der Waals surface area contributed by atoms with Crippen LogP contribution in [0.3, 0.4) is 0 Å². The molecule has 0 spiro atoms. The minimum atomic E-state index is -3.94. The van der Waals surface area contributed by atoms with Gasteiger partial charge in [0.2, 0.25) is 10.0 Å². The third kappa shape index (κ3) is 6.77. The van der Waals surface area contributed by atoms with Gasteiger partial charge in [-0.15, -0.1) is 0 Å². The highest BCUT2D eigenvalue weighted by atomic mass is 32.2. The summed E-state index contributed by atoms with van der Waals surface area (Å²) in [5.41, 5.74) is 3.93. The highest BCUT2D eigenvalue weighted by Gasteiger charge is 2.30. The summed E-state index contributed by atoms with van der Waals surface area (Å²) < 4.78 is 28.5. The van der Waals surface area contributed by atoms with Crippen molar-refractivity contribution in [2.75, 3.05) is 18.5 Å². The van der Waals surface area contributed by atoms with Crippen molar-refractivity contribution in [1.82, 2.24) is 4.31 Å². The van der Waals surface area contributed by atoms with E-state index in [1.807, 2.05) is 27.7 Å². The molecule has 1 aliphatic carbocycles. The lowest BCUT2D eigenvalue weighted by atomic mass is 10.2. The summed E-state index contributed by atoms with van der Waals surface area (Å²) in [4.78, 5) is 10.6. The van der Waals surface area contributed by atoms with E-state index in [0.717, 1.165) is 37.5 Å². The van der Waals surface area contributed by atoms with Crippen LogP contribution in [0.1, 0.15) is 66.2 Å². The molecule has 1 aromatic rings. The van der Waals surface area contributed by atoms with Gasteiger partial charge in [0, 0.05) is 30.9 Å². The van der Waals surface area contributed by atoms with Crippen LogP contribution in [0.2, 0.25) is 0 Å². The van der Waals surface area contributed by atoms with Gasteiger partial charge in [-0.2, -0.15) is 9.41 Å². The van der Waals surface area contributed by atoms with Gasteiger partial charge in [-0.25, -0.2) is 8.42 Å². The number of rotatable bonds is 9. The second kappa shape index (κ2) is 10.9. The zero-order valence-corrected chi connectivity index (χ0v) is 19.2. The molecule has 1 aromatic carbocycles. The van der Waals surface area contributed by atoms with Gasteiger partial charge in [0.25, 0.3) is 5.69 Å². The Balaban J connectivity index is 2.46. The van der Waals surface area contributed by atoms with Gasteiger partial charge >= 0.3 is 0 Å². The minimum Gasteiger partial charge on any atom is -0.277 e. The van der Waals surface area contributed by atoms with E-state index < -0.39 is 14.9 Å². The van der Waals surface area contributed by atoms with Gasteiger partial charge in [0.1, 0.15) is 4.90 Å². The van der Waals surface area contributed by atoms with Gasteiger partial charge in [0.15, 0.2) is 0 Å². The van der Waals surface area contributed by atoms with E-state index in [9.17, 15) is 18.5 Å². The zero-order chi connectivity index (χ0) is 22.3. The molecule has 0 atom stereocenters. The predicted octanol–water partition coefficient (Wildman–Crippen LogP) is 5.02. The molecule has 0 radical (unpaired) electrons. The molecule has 0 aromatic heterocycles. The standard InChI is InChI=1S/C21H34N4O4S/c1-16(2)14-24(15-17(3)4)30(28,29)21-13-19(25(26)27)11-12-20(21)23-22-18-9-7-5-6-8-10-18/h11-13,16-17,23H,5-10,14-15H2,1-4H3. The lowest BCUT2D eigenvalue weighted by Crippen LogP contribution is -2.37. The van der Waals surface area contributed by atoms with E-state index in [1.54, 1.807) is 0 Å². The average molecular weight is 439 g/mol. The summed E-state index contributed by atoms with van der Waals surface area (Å²) in [5, 5.41) is 15.8. The van der Waals surface area contributed by atoms with Crippen molar-refractivity contribution in [3.05, 3.63) is 28.3 Å². The molecule has 0 amide bonds. The molecule has 2 rings (SSSR count). The first kappa shape index (κ1) is 24.3. The number of sulfonamides is 1. The highest BCUT2D eigenvalue weighted by Crippen LogP contribution is 2.30. The smallest absolute Gasteiger partial charge is 0.270 e. The van der Waals surface area contributed by atoms with Crippen LogP contribution in [0, 0.1) is 22.0 Å². The molecule has 9 heteroatoms. The number of non-ortho nitro benzene ring substituents is 1. The normalized spacial score (nSPS) is 15.5. The Morgan fingerprint density at radius 3 is 2.13 bits per heavy atom. The first-order valence-electron chi connectivity index (χ1n) is 10.7. The van der Waals surface area contributed by atoms with Gasteiger partial charge in [-0.3, -0.25) is 15.5 Å². The molecule has 0 unspecified atom stereocenters. The van der Waals surface area contributed by atoms with Crippen LogP contribution in [-0.4, -0.2) is 36.4 Å². The number of nitrogens with one attached hydrogen (secondary N) is 1. The van der Waals surface area contributed by atoms with E-state index in [1.165, 1.54) is 29.3 Å². The summed E-state index contributed by atoms with van der Waals surface area (Å²) in [7, 11) is -3.94. The van der Waals surface area contributed by atoms with Crippen LogP contribution >= 0.6 is 0 Å². The summed E-state index contributed by atoms with van der Waals surface area (Å²) >= 11 is 0. The van der Waals surface area contributed by atoms with Crippen LogP contribution < -0.4 is 5.43 Å². The minimum absolute atomic E-state index is 0.101. The van der Waals surface area contributed by atoms with Crippen molar-refractivity contribution in [3.63, 3.8) is 0 Å². The molecule has 0 aliphatic heterocycles. The Hall–Kier alpha value is -2.00. The fourth-order valence-corrected chi connectivity index (χ4v) is 5.47. The largest absolute Gasteiger partial charge is 0.277 e. The Morgan fingerprint density at radius 1 is 1.07 bits per heavy atom. The van der Waals surface area contributed by atoms with E-state index >= 15 is 0 Å². The molecule has 8 nitrogen and oxygen atoms in total. The van der Waals surface area contributed by atoms with Gasteiger partial charge < -0.3 is 0 Å². The maximum absolute atomic E-state index is 13.5. The van der Waals surface area contributed by atoms with Gasteiger partial charge in [-0.05, 0) is 43.6 Å². The highest BCUT2D eigenvalue weighted by molar-refractivity contribution is 7.89. The molecular formula is C21H34N4O4S. The number of nitro groups is 1. The molecule has 1 aliphatic rings. The molecule has 30 heavy (non-hydrogen) atoms. The molecule has 0 heterocycles. The molecule has 0 bridgehead atoms. The summed E-state index contributed by atoms with van der Waals surface area (Å²) in [6.45, 7) is 8.50. The number of hydrogen-bond acceptors (Lipinski definition) is 6. The summed E-state index contributed by atoms with van der Waals surface area (Å²) in [6, 6.07) is 3.89. The van der Waals surface area contributed by atoms with Gasteiger partial charge in [-0.1, -0.05) is 40.5 Å². The second-order valence-electron chi connectivity index (χ2n) is 8.75. The number of hydrogen-bond donors (Lipinski definition) is 1. The SMILES string of the molecule is CC(C)CN(CC(C)C)S(=O)(=O)c1cc([N+](=O)[O-])ccc1NN=C1CCCCCC1. The van der Waals surface area contributed by atoms with Crippen molar-refractivity contribution < 1.29 is 13.3 Å². The summed E-state index contributed by atoms with van der Waals surface area (Å²) in [5.74, 6) is 0.250. The Labute approximate surface area is 179 Å². The van der Waals surface area contributed by atoms with Crippen molar-refractivity contribution in [3.8, 4) is 0 Å². The van der Waals surface area contributed by atoms with Gasteiger partial charge in [0.05, 0.1) is 10.6 Å². The summed E-state index contributed by atoms with van der Waals surface area (Å²) in [6.07, 6.45) is 6.26. The van der Waals surface area contributed by atoms with E-state index in [-0.39, 0.29) is 28.1 Å². The topological polar surface area (TPSA) is 105 Å². The van der Waals surface area contributed by atoms with Crippen molar-refractivity contribution in [2.45, 2.75) is 71.1 Å². The number of benzene rings is 1. The van der Waals surface area contributed by atoms with Crippen LogP contribution in [0.15, 0.2) is 28.2 Å². The van der Waals surface area contributed by atoms with Crippen molar-refractivity contribution in [2.24, 2.45) is 16.9 Å². The predicted molar refractivity (Wildman–Crippen MR) is 120 cm³/mol. The third-order valence-corrected chi connectivity index (χ3v) is 6.82. The first-order valence-corrected chi connectivity index (χ1v) is 12.1. The lowest BCUT2D eigenvalue weighted by molar-refractivity contribution is -0.385. The fraction of sp³-hybridized carbons (Fsp3) is 0.667. The van der Waals surface area contributed by atoms with E-state index in [4.69, 9.17) is 0 Å². The van der Waals surface area contributed by atoms with Crippen molar-refractivity contribution in [1.29, 1.82) is 0 Å². The molecule has 1 fully saturated rings. The number of nitro benzene ring substituents is 1. The quantitative estimate of drug-likeness (QED) is 0.331. The number of hydrazone groups is 1. The fourth-order valence-electron chi connectivity index (χ4n) is 3.54. The number of nitrogens with zero attached hydrogens (tertiary/aromatic N) is 3. The average Bonchev–Trinajstić information content (AvgIpc) is 2.93. The Kier molecular flexibility index (Phi) is 8.78. The maximum atomic E-state index is 13.5. The maximum Gasteiger partial charge on any atom is 0.270 e. The van der Waals surface area contributed by atoms with Crippen LogP contribution in [0.4, 0.5) is 11.4 Å². The molecule has 1 saturated carbocycles. The second-order valence-corrected chi connectivity index (χ2v) is 10.7. The molecule has 168 valence electrons.